The van der Waals surface area contributed by atoms with Crippen LogP contribution < -0.4 is 9.99 Å². The van der Waals surface area contributed by atoms with Crippen LogP contribution in [0.15, 0.2) is 72.1 Å². The maximum absolute atomic E-state index is 11.4. The average Bonchev–Trinajstić information content (AvgIpc) is 2.82. The van der Waals surface area contributed by atoms with Gasteiger partial charge in [0.05, 0.1) is 20.8 Å². The van der Waals surface area contributed by atoms with Gasteiger partial charge in [0.1, 0.15) is 11.4 Å². The summed E-state index contributed by atoms with van der Waals surface area (Å²) in [6.07, 6.45) is 4.58. The standard InChI is InChI=1S/C21H19N6O6/c1-2-15-9-11-24(12-10-15)14-20(16-3-5-17(6-4-16)25(28)29)23-22-19-8-7-18(26(30)31)13-21(19)27(32)33/h3-13,22H,2,14H2,1H3/q+1/b23-20-. The van der Waals surface area contributed by atoms with Crippen molar-refractivity contribution in [2.75, 3.05) is 5.43 Å². The smallest absolute Gasteiger partial charge is 0.271 e. The number of hydrogen-bond acceptors (Lipinski definition) is 8. The fourth-order valence-electron chi connectivity index (χ4n) is 2.98. The number of benzene rings is 2. The van der Waals surface area contributed by atoms with E-state index in [9.17, 15) is 30.3 Å². The minimum atomic E-state index is -0.741. The maximum Gasteiger partial charge on any atom is 0.301 e. The van der Waals surface area contributed by atoms with E-state index in [4.69, 9.17) is 0 Å². The number of aryl methyl sites for hydroxylation is 1. The summed E-state index contributed by atoms with van der Waals surface area (Å²) in [4.78, 5) is 31.3. The molecule has 12 nitrogen and oxygen atoms in total. The molecule has 0 atom stereocenters. The molecule has 1 N–H and O–H groups in total. The molecule has 0 fully saturated rings. The lowest BCUT2D eigenvalue weighted by Gasteiger charge is -2.07. The second kappa shape index (κ2) is 10.0. The lowest BCUT2D eigenvalue weighted by atomic mass is 10.1. The second-order valence-corrected chi connectivity index (χ2v) is 6.92. The Bertz CT molecular complexity index is 1220. The lowest BCUT2D eigenvalue weighted by Crippen LogP contribution is -2.37. The quantitative estimate of drug-likeness (QED) is 0.224. The van der Waals surface area contributed by atoms with E-state index in [1.165, 1.54) is 30.3 Å². The van der Waals surface area contributed by atoms with Crippen LogP contribution >= 0.6 is 0 Å². The van der Waals surface area contributed by atoms with Crippen LogP contribution in [0.5, 0.6) is 0 Å². The highest BCUT2D eigenvalue weighted by molar-refractivity contribution is 6.00. The second-order valence-electron chi connectivity index (χ2n) is 6.92. The molecule has 0 aliphatic carbocycles. The van der Waals surface area contributed by atoms with Crippen molar-refractivity contribution in [3.05, 3.63) is 108 Å². The van der Waals surface area contributed by atoms with Crippen LogP contribution in [0.3, 0.4) is 0 Å². The van der Waals surface area contributed by atoms with Gasteiger partial charge in [-0.3, -0.25) is 35.8 Å². The van der Waals surface area contributed by atoms with Gasteiger partial charge in [0.15, 0.2) is 18.9 Å². The number of nitrogens with one attached hydrogen (secondary N) is 1. The van der Waals surface area contributed by atoms with E-state index < -0.39 is 26.1 Å². The van der Waals surface area contributed by atoms with E-state index in [-0.39, 0.29) is 17.9 Å². The van der Waals surface area contributed by atoms with Gasteiger partial charge in [0.2, 0.25) is 0 Å². The number of aromatic nitrogens is 1. The highest BCUT2D eigenvalue weighted by Gasteiger charge is 2.20. The van der Waals surface area contributed by atoms with Crippen LogP contribution in [0, 0.1) is 30.3 Å². The summed E-state index contributed by atoms with van der Waals surface area (Å²) in [5, 5.41) is 37.6. The summed E-state index contributed by atoms with van der Waals surface area (Å²) >= 11 is 0. The van der Waals surface area contributed by atoms with Crippen LogP contribution in [0.25, 0.3) is 0 Å². The third-order valence-electron chi connectivity index (χ3n) is 4.81. The van der Waals surface area contributed by atoms with Gasteiger partial charge in [-0.2, -0.15) is 9.67 Å². The number of nitro groups is 3. The molecule has 0 amide bonds. The third-order valence-corrected chi connectivity index (χ3v) is 4.81. The van der Waals surface area contributed by atoms with E-state index in [1.807, 2.05) is 36.0 Å². The van der Waals surface area contributed by atoms with Gasteiger partial charge in [-0.1, -0.05) is 6.92 Å². The Hall–Kier alpha value is -4.74. The number of hydrazone groups is 1. The Morgan fingerprint density at radius 2 is 1.48 bits per heavy atom. The molecule has 0 aliphatic heterocycles. The molecule has 0 saturated carbocycles. The van der Waals surface area contributed by atoms with Crippen molar-refractivity contribution >= 4 is 28.5 Å². The van der Waals surface area contributed by atoms with Crippen molar-refractivity contribution in [1.29, 1.82) is 0 Å². The molecule has 0 radical (unpaired) electrons. The van der Waals surface area contributed by atoms with Crippen LogP contribution in [0.2, 0.25) is 0 Å². The molecule has 168 valence electrons. The summed E-state index contributed by atoms with van der Waals surface area (Å²) in [5.41, 5.74) is 3.71. The first-order valence-electron chi connectivity index (χ1n) is 9.76. The summed E-state index contributed by atoms with van der Waals surface area (Å²) < 4.78 is 1.84. The average molecular weight is 451 g/mol. The molecule has 12 heteroatoms. The Labute approximate surface area is 187 Å². The Kier molecular flexibility index (Phi) is 6.98. The summed E-state index contributed by atoms with van der Waals surface area (Å²) in [6.45, 7) is 2.29. The first kappa shape index (κ1) is 22.9. The van der Waals surface area contributed by atoms with Crippen LogP contribution in [0.1, 0.15) is 18.1 Å². The molecule has 0 spiro atoms. The van der Waals surface area contributed by atoms with E-state index in [0.29, 0.717) is 11.3 Å². The van der Waals surface area contributed by atoms with E-state index >= 15 is 0 Å². The molecule has 33 heavy (non-hydrogen) atoms. The van der Waals surface area contributed by atoms with Gasteiger partial charge in [-0.15, -0.1) is 0 Å². The number of non-ortho nitro benzene ring substituents is 2. The van der Waals surface area contributed by atoms with Gasteiger partial charge in [0, 0.05) is 35.9 Å². The largest absolute Gasteiger partial charge is 0.301 e. The van der Waals surface area contributed by atoms with Crippen LogP contribution in [0.4, 0.5) is 22.7 Å². The molecule has 1 heterocycles. The minimum Gasteiger partial charge on any atom is -0.271 e. The Morgan fingerprint density at radius 3 is 2.03 bits per heavy atom. The third kappa shape index (κ3) is 5.70. The molecular formula is C21H19N6O6+. The zero-order chi connectivity index (χ0) is 24.0. The normalized spacial score (nSPS) is 11.1. The zero-order valence-electron chi connectivity index (χ0n) is 17.5. The Morgan fingerprint density at radius 1 is 0.879 bits per heavy atom. The fourth-order valence-corrected chi connectivity index (χ4v) is 2.98. The summed E-state index contributed by atoms with van der Waals surface area (Å²) in [6, 6.07) is 12.8. The van der Waals surface area contributed by atoms with Crippen molar-refractivity contribution in [2.45, 2.75) is 19.9 Å². The summed E-state index contributed by atoms with van der Waals surface area (Å²) in [7, 11) is 0. The summed E-state index contributed by atoms with van der Waals surface area (Å²) in [5.74, 6) is 0. The number of anilines is 1. The fraction of sp³-hybridized carbons (Fsp3) is 0.143. The molecule has 0 bridgehead atoms. The molecule has 3 rings (SSSR count). The maximum atomic E-state index is 11.4. The van der Waals surface area contributed by atoms with Gasteiger partial charge in [-0.05, 0) is 30.2 Å². The van der Waals surface area contributed by atoms with E-state index in [0.717, 1.165) is 24.1 Å². The molecule has 3 aromatic rings. The molecule has 2 aromatic carbocycles. The van der Waals surface area contributed by atoms with Gasteiger partial charge >= 0.3 is 5.69 Å². The van der Waals surface area contributed by atoms with Gasteiger partial charge in [0.25, 0.3) is 11.4 Å². The van der Waals surface area contributed by atoms with Gasteiger partial charge in [-0.25, -0.2) is 0 Å². The lowest BCUT2D eigenvalue weighted by molar-refractivity contribution is -0.681. The van der Waals surface area contributed by atoms with Crippen molar-refractivity contribution in [3.63, 3.8) is 0 Å². The molecule has 0 aliphatic rings. The predicted molar refractivity (Wildman–Crippen MR) is 119 cm³/mol. The van der Waals surface area contributed by atoms with Crippen molar-refractivity contribution in [3.8, 4) is 0 Å². The topological polar surface area (TPSA) is 158 Å². The van der Waals surface area contributed by atoms with Crippen molar-refractivity contribution in [2.24, 2.45) is 5.10 Å². The van der Waals surface area contributed by atoms with Crippen molar-refractivity contribution in [1.82, 2.24) is 0 Å². The first-order chi connectivity index (χ1) is 15.8. The number of rotatable bonds is 9. The zero-order valence-corrected chi connectivity index (χ0v) is 17.5. The number of nitro benzene ring substituents is 3. The molecular weight excluding hydrogens is 432 g/mol. The van der Waals surface area contributed by atoms with E-state index in [2.05, 4.69) is 10.5 Å². The van der Waals surface area contributed by atoms with Gasteiger partial charge < -0.3 is 0 Å². The Balaban J connectivity index is 1.98. The highest BCUT2D eigenvalue weighted by atomic mass is 16.6. The minimum absolute atomic E-state index is 0.0312. The number of nitrogens with zero attached hydrogens (tertiary/aromatic N) is 5. The predicted octanol–water partition coefficient (Wildman–Crippen LogP) is 3.78. The molecule has 0 unspecified atom stereocenters. The van der Waals surface area contributed by atoms with E-state index in [1.54, 1.807) is 0 Å². The monoisotopic (exact) mass is 451 g/mol. The highest BCUT2D eigenvalue weighted by Crippen LogP contribution is 2.29. The first-order valence-corrected chi connectivity index (χ1v) is 9.76. The van der Waals surface area contributed by atoms with Crippen LogP contribution in [-0.4, -0.2) is 20.5 Å². The number of pyridine rings is 1. The van der Waals surface area contributed by atoms with Crippen LogP contribution in [-0.2, 0) is 13.0 Å². The SMILES string of the molecule is CCc1cc[n+](C/C(=N/Nc2ccc([N+](=O)[O-])cc2[N+](=O)[O-])c2ccc([N+](=O)[O-])cc2)cc1. The molecule has 0 saturated heterocycles. The number of hydrogen-bond donors (Lipinski definition) is 1. The molecule has 1 aromatic heterocycles. The van der Waals surface area contributed by atoms with Crippen molar-refractivity contribution < 1.29 is 19.3 Å².